The van der Waals surface area contributed by atoms with Crippen molar-refractivity contribution < 1.29 is 19.1 Å². The van der Waals surface area contributed by atoms with E-state index in [1.807, 2.05) is 50.2 Å². The first kappa shape index (κ1) is 20.3. The third-order valence-electron chi connectivity index (χ3n) is 4.11. The molecule has 0 saturated carbocycles. The number of carbonyl (C=O) groups is 2. The topological polar surface area (TPSA) is 76.7 Å². The Kier molecular flexibility index (Phi) is 7.23. The second kappa shape index (κ2) is 9.62. The average molecular weight is 370 g/mol. The predicted octanol–water partition coefficient (Wildman–Crippen LogP) is 3.03. The van der Waals surface area contributed by atoms with Gasteiger partial charge in [-0.2, -0.15) is 0 Å². The van der Waals surface area contributed by atoms with E-state index in [0.29, 0.717) is 17.4 Å². The number of benzene rings is 2. The van der Waals surface area contributed by atoms with Gasteiger partial charge in [-0.05, 0) is 60.7 Å². The smallest absolute Gasteiger partial charge is 0.276 e. The van der Waals surface area contributed by atoms with Crippen molar-refractivity contribution in [2.24, 2.45) is 0 Å². The van der Waals surface area contributed by atoms with Crippen LogP contribution in [0.2, 0.25) is 0 Å². The van der Waals surface area contributed by atoms with Crippen molar-refractivity contribution in [3.05, 3.63) is 59.2 Å². The molecule has 0 unspecified atom stereocenters. The molecular weight excluding hydrogens is 344 g/mol. The lowest BCUT2D eigenvalue weighted by molar-refractivity contribution is -0.131. The van der Waals surface area contributed by atoms with E-state index in [4.69, 9.17) is 9.47 Å². The predicted molar refractivity (Wildman–Crippen MR) is 104 cm³/mol. The van der Waals surface area contributed by atoms with Gasteiger partial charge < -0.3 is 9.47 Å². The molecule has 2 aromatic rings. The third-order valence-corrected chi connectivity index (χ3v) is 4.11. The second-order valence-electron chi connectivity index (χ2n) is 6.64. The molecule has 0 spiro atoms. The van der Waals surface area contributed by atoms with Gasteiger partial charge in [-0.1, -0.05) is 32.0 Å². The summed E-state index contributed by atoms with van der Waals surface area (Å²) in [5, 5.41) is 0. The summed E-state index contributed by atoms with van der Waals surface area (Å²) in [6.45, 7) is 7.80. The molecule has 0 aromatic heterocycles. The fraction of sp³-hybridized carbons (Fsp3) is 0.333. The van der Waals surface area contributed by atoms with Crippen molar-refractivity contribution in [1.29, 1.82) is 0 Å². The summed E-state index contributed by atoms with van der Waals surface area (Å²) < 4.78 is 10.8. The monoisotopic (exact) mass is 370 g/mol. The van der Waals surface area contributed by atoms with E-state index in [-0.39, 0.29) is 13.2 Å². The minimum Gasteiger partial charge on any atom is -0.484 e. The number of hydrazine groups is 1. The molecule has 2 rings (SSSR count). The summed E-state index contributed by atoms with van der Waals surface area (Å²) in [5.74, 6) is 0.723. The summed E-state index contributed by atoms with van der Waals surface area (Å²) in [5.41, 5.74) is 8.02. The Balaban J connectivity index is 1.68. The van der Waals surface area contributed by atoms with Crippen LogP contribution in [0.1, 0.15) is 36.5 Å². The van der Waals surface area contributed by atoms with Gasteiger partial charge in [-0.15, -0.1) is 0 Å². The molecule has 2 N–H and O–H groups in total. The maximum atomic E-state index is 11.8. The van der Waals surface area contributed by atoms with Crippen LogP contribution in [0, 0.1) is 13.8 Å². The molecule has 27 heavy (non-hydrogen) atoms. The van der Waals surface area contributed by atoms with Crippen LogP contribution in [-0.2, 0) is 9.59 Å². The summed E-state index contributed by atoms with van der Waals surface area (Å²) in [6, 6.07) is 13.1. The van der Waals surface area contributed by atoms with Crippen LogP contribution in [0.25, 0.3) is 0 Å². The largest absolute Gasteiger partial charge is 0.484 e. The van der Waals surface area contributed by atoms with E-state index in [1.54, 1.807) is 6.07 Å². The summed E-state index contributed by atoms with van der Waals surface area (Å²) in [4.78, 5) is 23.5. The van der Waals surface area contributed by atoms with E-state index < -0.39 is 11.8 Å². The van der Waals surface area contributed by atoms with Crippen molar-refractivity contribution >= 4 is 11.8 Å². The van der Waals surface area contributed by atoms with Crippen LogP contribution >= 0.6 is 0 Å². The van der Waals surface area contributed by atoms with Gasteiger partial charge in [-0.25, -0.2) is 0 Å². The Morgan fingerprint density at radius 2 is 1.33 bits per heavy atom. The summed E-state index contributed by atoms with van der Waals surface area (Å²) in [7, 11) is 0. The van der Waals surface area contributed by atoms with E-state index in [2.05, 4.69) is 24.7 Å². The van der Waals surface area contributed by atoms with E-state index in [0.717, 1.165) is 11.1 Å². The molecular formula is C21H26N2O4. The molecule has 6 nitrogen and oxygen atoms in total. The first-order valence-electron chi connectivity index (χ1n) is 8.85. The lowest BCUT2D eigenvalue weighted by atomic mass is 10.0. The van der Waals surface area contributed by atoms with Gasteiger partial charge >= 0.3 is 0 Å². The number of aryl methyl sites for hydroxylation is 2. The molecule has 0 bridgehead atoms. The van der Waals surface area contributed by atoms with Crippen molar-refractivity contribution in [2.45, 2.75) is 33.6 Å². The number of ether oxygens (including phenoxy) is 2. The molecule has 0 saturated heterocycles. The fourth-order valence-corrected chi connectivity index (χ4v) is 2.26. The Morgan fingerprint density at radius 3 is 1.85 bits per heavy atom. The van der Waals surface area contributed by atoms with Crippen LogP contribution in [0.15, 0.2) is 42.5 Å². The van der Waals surface area contributed by atoms with Crippen molar-refractivity contribution in [2.75, 3.05) is 13.2 Å². The van der Waals surface area contributed by atoms with Crippen LogP contribution < -0.4 is 20.3 Å². The number of hydrogen-bond acceptors (Lipinski definition) is 4. The second-order valence-corrected chi connectivity index (χ2v) is 6.64. The zero-order valence-corrected chi connectivity index (χ0v) is 16.2. The minimum absolute atomic E-state index is 0.194. The standard InChI is InChI=1S/C21H26N2O4/c1-14(2)17-6-9-18(10-7-17)26-12-20(24)22-23-21(25)13-27-19-8-5-15(3)16(4)11-19/h5-11,14H,12-13H2,1-4H3,(H,22,24)(H,23,25). The van der Waals surface area contributed by atoms with Crippen LogP contribution in [0.4, 0.5) is 0 Å². The van der Waals surface area contributed by atoms with Gasteiger partial charge in [0, 0.05) is 0 Å². The number of hydrogen-bond donors (Lipinski definition) is 2. The number of rotatable bonds is 7. The van der Waals surface area contributed by atoms with Crippen LogP contribution in [-0.4, -0.2) is 25.0 Å². The zero-order valence-electron chi connectivity index (χ0n) is 16.2. The molecule has 0 aliphatic rings. The summed E-state index contributed by atoms with van der Waals surface area (Å²) >= 11 is 0. The number of nitrogens with one attached hydrogen (secondary N) is 2. The fourth-order valence-electron chi connectivity index (χ4n) is 2.26. The number of carbonyl (C=O) groups excluding carboxylic acids is 2. The summed E-state index contributed by atoms with van der Waals surface area (Å²) in [6.07, 6.45) is 0. The minimum atomic E-state index is -0.456. The average Bonchev–Trinajstić information content (AvgIpc) is 2.66. The van der Waals surface area contributed by atoms with Crippen LogP contribution in [0.3, 0.4) is 0 Å². The third kappa shape index (κ3) is 6.66. The Hall–Kier alpha value is -3.02. The van der Waals surface area contributed by atoms with Crippen molar-refractivity contribution in [3.63, 3.8) is 0 Å². The SMILES string of the molecule is Cc1ccc(OCC(=O)NNC(=O)COc2ccc(C(C)C)cc2)cc1C. The molecule has 6 heteroatoms. The van der Waals surface area contributed by atoms with Gasteiger partial charge in [0.15, 0.2) is 13.2 Å². The molecule has 144 valence electrons. The normalized spacial score (nSPS) is 10.4. The van der Waals surface area contributed by atoms with Crippen LogP contribution in [0.5, 0.6) is 11.5 Å². The zero-order chi connectivity index (χ0) is 19.8. The molecule has 2 aromatic carbocycles. The van der Waals surface area contributed by atoms with Gasteiger partial charge in [0.25, 0.3) is 11.8 Å². The molecule has 0 atom stereocenters. The Morgan fingerprint density at radius 1 is 0.815 bits per heavy atom. The molecule has 0 aliphatic heterocycles. The first-order chi connectivity index (χ1) is 12.8. The molecule has 2 amide bonds. The lowest BCUT2D eigenvalue weighted by Crippen LogP contribution is -2.45. The highest BCUT2D eigenvalue weighted by molar-refractivity contribution is 5.83. The molecule has 0 radical (unpaired) electrons. The van der Waals surface area contributed by atoms with E-state index in [9.17, 15) is 9.59 Å². The van der Waals surface area contributed by atoms with Crippen molar-refractivity contribution in [3.8, 4) is 11.5 Å². The van der Waals surface area contributed by atoms with Crippen molar-refractivity contribution in [1.82, 2.24) is 10.9 Å². The maximum Gasteiger partial charge on any atom is 0.276 e. The quantitative estimate of drug-likeness (QED) is 0.735. The molecule has 0 heterocycles. The van der Waals surface area contributed by atoms with Gasteiger partial charge in [0.1, 0.15) is 11.5 Å². The van der Waals surface area contributed by atoms with Gasteiger partial charge in [0.05, 0.1) is 0 Å². The molecule has 0 aliphatic carbocycles. The van der Waals surface area contributed by atoms with E-state index >= 15 is 0 Å². The van der Waals surface area contributed by atoms with E-state index in [1.165, 1.54) is 5.56 Å². The maximum absolute atomic E-state index is 11.8. The highest BCUT2D eigenvalue weighted by Crippen LogP contribution is 2.18. The molecule has 0 fully saturated rings. The Bertz CT molecular complexity index is 785. The van der Waals surface area contributed by atoms with Gasteiger partial charge in [-0.3, -0.25) is 20.4 Å². The highest BCUT2D eigenvalue weighted by atomic mass is 16.5. The lowest BCUT2D eigenvalue weighted by Gasteiger charge is -2.11. The highest BCUT2D eigenvalue weighted by Gasteiger charge is 2.07. The number of amides is 2. The Labute approximate surface area is 159 Å². The van der Waals surface area contributed by atoms with Gasteiger partial charge in [0.2, 0.25) is 0 Å². The first-order valence-corrected chi connectivity index (χ1v) is 8.85.